The van der Waals surface area contributed by atoms with E-state index in [9.17, 15) is 0 Å². The number of fused-ring (bicyclic) bond motifs is 12. The van der Waals surface area contributed by atoms with E-state index in [1.54, 1.807) is 0 Å². The number of furan rings is 1. The van der Waals surface area contributed by atoms with Crippen LogP contribution in [0.1, 0.15) is 0 Å². The van der Waals surface area contributed by atoms with E-state index in [0.717, 1.165) is 55.3 Å². The van der Waals surface area contributed by atoms with Gasteiger partial charge in [0.1, 0.15) is 11.2 Å². The molecule has 0 saturated heterocycles. The van der Waals surface area contributed by atoms with Gasteiger partial charge in [0.05, 0.1) is 16.7 Å². The van der Waals surface area contributed by atoms with Crippen LogP contribution in [0, 0.1) is 0 Å². The van der Waals surface area contributed by atoms with E-state index in [4.69, 9.17) is 19.4 Å². The van der Waals surface area contributed by atoms with E-state index in [1.165, 1.54) is 52.5 Å². The minimum atomic E-state index is 0.605. The summed E-state index contributed by atoms with van der Waals surface area (Å²) in [7, 11) is 0. The molecule has 0 bridgehead atoms. The second-order valence-electron chi connectivity index (χ2n) is 15.2. The first kappa shape index (κ1) is 32.4. The van der Waals surface area contributed by atoms with Crippen molar-refractivity contribution in [3.63, 3.8) is 0 Å². The number of hydrogen-bond acceptors (Lipinski definition) is 5. The van der Waals surface area contributed by atoms with Crippen molar-refractivity contribution in [2.45, 2.75) is 0 Å². The standard InChI is InChI=1S/C53H30N4OS/c1-2-13-32(14-3-1)51-54-52(35-23-25-47-42(27-35)39-19-9-11-21-46(39)58-47)56-53(55-51)36-29-45(49-40-24-22-31-12-6-7-17-37(31)50(40)59-48(49)30-36)57-43-20-10-8-18-38(43)41-26-33-15-4-5-16-34(33)28-44(41)57/h1-30H. The lowest BCUT2D eigenvalue weighted by Gasteiger charge is -2.14. The van der Waals surface area contributed by atoms with Crippen molar-refractivity contribution >= 4 is 96.8 Å². The van der Waals surface area contributed by atoms with Gasteiger partial charge in [-0.25, -0.2) is 15.0 Å². The second-order valence-corrected chi connectivity index (χ2v) is 16.2. The van der Waals surface area contributed by atoms with Crippen LogP contribution in [0.2, 0.25) is 0 Å². The van der Waals surface area contributed by atoms with E-state index in [-0.39, 0.29) is 0 Å². The third-order valence-corrected chi connectivity index (χ3v) is 13.0. The molecule has 4 heterocycles. The molecule has 5 nitrogen and oxygen atoms in total. The topological polar surface area (TPSA) is 56.7 Å². The third kappa shape index (κ3) is 4.94. The van der Waals surface area contributed by atoms with Crippen molar-refractivity contribution in [1.82, 2.24) is 19.5 Å². The first-order valence-electron chi connectivity index (χ1n) is 19.8. The van der Waals surface area contributed by atoms with Crippen molar-refractivity contribution in [2.24, 2.45) is 0 Å². The third-order valence-electron chi connectivity index (χ3n) is 11.8. The Hall–Kier alpha value is -7.67. The number of para-hydroxylation sites is 2. The van der Waals surface area contributed by atoms with Crippen LogP contribution < -0.4 is 0 Å². The fraction of sp³-hybridized carbons (Fsp3) is 0. The van der Waals surface area contributed by atoms with Crippen molar-refractivity contribution < 1.29 is 4.42 Å². The average molecular weight is 771 g/mol. The van der Waals surface area contributed by atoms with Crippen LogP contribution in [0.15, 0.2) is 186 Å². The maximum Gasteiger partial charge on any atom is 0.164 e. The van der Waals surface area contributed by atoms with E-state index in [2.05, 4.69) is 138 Å². The summed E-state index contributed by atoms with van der Waals surface area (Å²) in [6.45, 7) is 0. The zero-order chi connectivity index (χ0) is 38.6. The van der Waals surface area contributed by atoms with Gasteiger partial charge in [-0.3, -0.25) is 0 Å². The normalized spacial score (nSPS) is 12.1. The Morgan fingerprint density at radius 3 is 1.90 bits per heavy atom. The lowest BCUT2D eigenvalue weighted by atomic mass is 10.0. The Morgan fingerprint density at radius 1 is 0.390 bits per heavy atom. The molecular weight excluding hydrogens is 741 g/mol. The number of hydrogen-bond donors (Lipinski definition) is 0. The SMILES string of the molecule is c1ccc(-c2nc(-c3cc(-n4c5ccccc5c5cc6ccccc6cc54)c4c(c3)sc3c5ccccc5ccc34)nc(-c3ccc4oc5ccccc5c4c3)n2)cc1. The maximum atomic E-state index is 6.20. The zero-order valence-electron chi connectivity index (χ0n) is 31.4. The number of benzene rings is 9. The Labute approximate surface area is 341 Å². The number of rotatable bonds is 4. The highest BCUT2D eigenvalue weighted by atomic mass is 32.1. The quantitative estimate of drug-likeness (QED) is 0.179. The Kier molecular flexibility index (Phi) is 6.82. The number of aromatic nitrogens is 4. The second kappa shape index (κ2) is 12.4. The number of nitrogens with zero attached hydrogens (tertiary/aromatic N) is 4. The molecule has 0 aliphatic heterocycles. The number of thiophene rings is 1. The molecule has 13 aromatic rings. The summed E-state index contributed by atoms with van der Waals surface area (Å²) in [6, 6.07) is 64.5. The summed E-state index contributed by atoms with van der Waals surface area (Å²) >= 11 is 1.83. The van der Waals surface area contributed by atoms with Gasteiger partial charge < -0.3 is 8.98 Å². The van der Waals surface area contributed by atoms with E-state index in [0.29, 0.717) is 17.5 Å². The minimum absolute atomic E-state index is 0.605. The molecule has 0 fully saturated rings. The molecule has 0 amide bonds. The molecule has 274 valence electrons. The van der Waals surface area contributed by atoms with Gasteiger partial charge in [-0.15, -0.1) is 11.3 Å². The fourth-order valence-electron chi connectivity index (χ4n) is 9.05. The molecule has 0 unspecified atom stereocenters. The van der Waals surface area contributed by atoms with Crippen molar-refractivity contribution in [3.8, 4) is 39.9 Å². The molecule has 4 aromatic heterocycles. The van der Waals surface area contributed by atoms with Gasteiger partial charge in [0, 0.05) is 58.4 Å². The van der Waals surface area contributed by atoms with E-state index < -0.39 is 0 Å². The van der Waals surface area contributed by atoms with Crippen LogP contribution in [-0.2, 0) is 0 Å². The Morgan fingerprint density at radius 2 is 1.05 bits per heavy atom. The molecule has 59 heavy (non-hydrogen) atoms. The average Bonchev–Trinajstić information content (AvgIpc) is 3.97. The van der Waals surface area contributed by atoms with Crippen molar-refractivity contribution in [3.05, 3.63) is 182 Å². The molecule has 0 saturated carbocycles. The lowest BCUT2D eigenvalue weighted by Crippen LogP contribution is -2.01. The van der Waals surface area contributed by atoms with Gasteiger partial charge in [-0.05, 0) is 76.1 Å². The van der Waals surface area contributed by atoms with Gasteiger partial charge in [0.2, 0.25) is 0 Å². The van der Waals surface area contributed by atoms with Gasteiger partial charge in [0.25, 0.3) is 0 Å². The van der Waals surface area contributed by atoms with Crippen LogP contribution in [0.25, 0.3) is 125 Å². The molecule has 13 rings (SSSR count). The van der Waals surface area contributed by atoms with Crippen molar-refractivity contribution in [1.29, 1.82) is 0 Å². The van der Waals surface area contributed by atoms with Crippen LogP contribution in [-0.4, -0.2) is 19.5 Å². The lowest BCUT2D eigenvalue weighted by molar-refractivity contribution is 0.669. The van der Waals surface area contributed by atoms with Gasteiger partial charge in [-0.2, -0.15) is 0 Å². The molecule has 0 atom stereocenters. The predicted octanol–water partition coefficient (Wildman–Crippen LogP) is 14.5. The van der Waals surface area contributed by atoms with Crippen LogP contribution >= 0.6 is 11.3 Å². The highest BCUT2D eigenvalue weighted by molar-refractivity contribution is 7.26. The Balaban J connectivity index is 1.13. The van der Waals surface area contributed by atoms with Crippen LogP contribution in [0.3, 0.4) is 0 Å². The summed E-state index contributed by atoms with van der Waals surface area (Å²) < 4.78 is 11.1. The molecule has 0 radical (unpaired) electrons. The molecule has 0 aliphatic rings. The molecule has 9 aromatic carbocycles. The highest BCUT2D eigenvalue weighted by Gasteiger charge is 2.22. The molecular formula is C53H30N4OS. The zero-order valence-corrected chi connectivity index (χ0v) is 32.2. The summed E-state index contributed by atoms with van der Waals surface area (Å²) in [5.41, 5.74) is 7.84. The van der Waals surface area contributed by atoms with Gasteiger partial charge in [-0.1, -0.05) is 127 Å². The smallest absolute Gasteiger partial charge is 0.164 e. The maximum absolute atomic E-state index is 6.20. The minimum Gasteiger partial charge on any atom is -0.456 e. The summed E-state index contributed by atoms with van der Waals surface area (Å²) in [5, 5.41) is 11.9. The van der Waals surface area contributed by atoms with E-state index in [1.807, 2.05) is 59.9 Å². The predicted molar refractivity (Wildman–Crippen MR) is 246 cm³/mol. The Bertz CT molecular complexity index is 3860. The summed E-state index contributed by atoms with van der Waals surface area (Å²) in [5.74, 6) is 1.84. The van der Waals surface area contributed by atoms with Crippen LogP contribution in [0.5, 0.6) is 0 Å². The molecule has 0 spiro atoms. The first-order valence-corrected chi connectivity index (χ1v) is 20.6. The fourth-order valence-corrected chi connectivity index (χ4v) is 10.3. The van der Waals surface area contributed by atoms with Crippen LogP contribution in [0.4, 0.5) is 0 Å². The summed E-state index contributed by atoms with van der Waals surface area (Å²) in [4.78, 5) is 15.7. The van der Waals surface area contributed by atoms with Crippen molar-refractivity contribution in [2.75, 3.05) is 0 Å². The monoisotopic (exact) mass is 770 g/mol. The largest absolute Gasteiger partial charge is 0.456 e. The molecule has 0 N–H and O–H groups in total. The summed E-state index contributed by atoms with van der Waals surface area (Å²) in [6.07, 6.45) is 0. The van der Waals surface area contributed by atoms with Gasteiger partial charge >= 0.3 is 0 Å². The first-order chi connectivity index (χ1) is 29.2. The molecule has 0 aliphatic carbocycles. The highest BCUT2D eigenvalue weighted by Crippen LogP contribution is 2.46. The van der Waals surface area contributed by atoms with E-state index >= 15 is 0 Å². The molecule has 6 heteroatoms. The van der Waals surface area contributed by atoms with Gasteiger partial charge in [0.15, 0.2) is 17.5 Å².